The number of halogens is 1. The lowest BCUT2D eigenvalue weighted by Crippen LogP contribution is -2.11. The minimum atomic E-state index is -0.186. The first-order valence-electron chi connectivity index (χ1n) is 9.12. The summed E-state index contributed by atoms with van der Waals surface area (Å²) in [5.74, 6) is -0.186. The zero-order valence-corrected chi connectivity index (χ0v) is 18.7. The van der Waals surface area contributed by atoms with Crippen molar-refractivity contribution >= 4 is 46.3 Å². The van der Waals surface area contributed by atoms with Gasteiger partial charge < -0.3 is 9.88 Å². The zero-order chi connectivity index (χ0) is 21.1. The van der Waals surface area contributed by atoms with E-state index < -0.39 is 0 Å². The summed E-state index contributed by atoms with van der Waals surface area (Å²) in [5, 5.41) is 13.0. The maximum Gasteiger partial charge on any atom is 0.267 e. The standard InChI is InChI=1S/C21H18ClN5OS2/c1-13-19(30-18(24-13)10-14-6-4-3-5-7-14)20(28)25-15-8-9-17(16(22)11-15)29-21-26-23-12-27(21)2/h3-9,11-12H,10H2,1-2H3,(H,25,28). The van der Waals surface area contributed by atoms with Crippen LogP contribution >= 0.6 is 34.7 Å². The van der Waals surface area contributed by atoms with Crippen molar-refractivity contribution in [1.82, 2.24) is 19.7 Å². The van der Waals surface area contributed by atoms with E-state index in [-0.39, 0.29) is 5.91 Å². The van der Waals surface area contributed by atoms with E-state index >= 15 is 0 Å². The lowest BCUT2D eigenvalue weighted by atomic mass is 10.2. The molecular weight excluding hydrogens is 438 g/mol. The van der Waals surface area contributed by atoms with Crippen LogP contribution in [0.1, 0.15) is 25.9 Å². The van der Waals surface area contributed by atoms with E-state index in [2.05, 4.69) is 32.6 Å². The van der Waals surface area contributed by atoms with Gasteiger partial charge in [-0.25, -0.2) is 4.98 Å². The molecule has 9 heteroatoms. The highest BCUT2D eigenvalue weighted by molar-refractivity contribution is 7.99. The first-order chi connectivity index (χ1) is 14.5. The number of amides is 1. The number of benzene rings is 2. The topological polar surface area (TPSA) is 72.7 Å². The molecule has 0 aliphatic heterocycles. The normalized spacial score (nSPS) is 10.9. The Morgan fingerprint density at radius 3 is 2.73 bits per heavy atom. The number of aryl methyl sites for hydroxylation is 2. The summed E-state index contributed by atoms with van der Waals surface area (Å²) >= 11 is 9.24. The van der Waals surface area contributed by atoms with Crippen molar-refractivity contribution < 1.29 is 4.79 Å². The lowest BCUT2D eigenvalue weighted by Gasteiger charge is -2.08. The number of hydrogen-bond acceptors (Lipinski definition) is 6. The van der Waals surface area contributed by atoms with Crippen LogP contribution in [0.5, 0.6) is 0 Å². The Kier molecular flexibility index (Phi) is 6.17. The Morgan fingerprint density at radius 2 is 2.03 bits per heavy atom. The molecule has 0 aliphatic carbocycles. The van der Waals surface area contributed by atoms with E-state index in [1.54, 1.807) is 12.4 Å². The number of anilines is 1. The molecule has 1 amide bonds. The van der Waals surface area contributed by atoms with Gasteiger partial charge in [-0.3, -0.25) is 4.79 Å². The number of nitrogens with one attached hydrogen (secondary N) is 1. The van der Waals surface area contributed by atoms with E-state index in [1.165, 1.54) is 28.7 Å². The third-order valence-electron chi connectivity index (χ3n) is 4.31. The SMILES string of the molecule is Cc1nc(Cc2ccccc2)sc1C(=O)Nc1ccc(Sc2nncn2C)c(Cl)c1. The highest BCUT2D eigenvalue weighted by Crippen LogP contribution is 2.34. The summed E-state index contributed by atoms with van der Waals surface area (Å²) in [5.41, 5.74) is 2.52. The number of carbonyl (C=O) groups is 1. The monoisotopic (exact) mass is 455 g/mol. The molecule has 152 valence electrons. The molecule has 0 fully saturated rings. The molecule has 0 radical (unpaired) electrons. The van der Waals surface area contributed by atoms with Crippen LogP contribution in [-0.4, -0.2) is 25.7 Å². The van der Waals surface area contributed by atoms with Gasteiger partial charge in [0.15, 0.2) is 5.16 Å². The van der Waals surface area contributed by atoms with Gasteiger partial charge in [-0.1, -0.05) is 41.9 Å². The highest BCUT2D eigenvalue weighted by Gasteiger charge is 2.16. The molecular formula is C21H18ClN5OS2. The van der Waals surface area contributed by atoms with Crippen molar-refractivity contribution in [2.45, 2.75) is 23.4 Å². The van der Waals surface area contributed by atoms with Crippen molar-refractivity contribution in [3.05, 3.63) is 81.0 Å². The Balaban J connectivity index is 1.46. The fourth-order valence-corrected chi connectivity index (χ4v) is 4.88. The molecule has 1 N–H and O–H groups in total. The van der Waals surface area contributed by atoms with Crippen molar-refractivity contribution in [1.29, 1.82) is 0 Å². The van der Waals surface area contributed by atoms with Gasteiger partial charge in [0.1, 0.15) is 11.2 Å². The van der Waals surface area contributed by atoms with Crippen molar-refractivity contribution in [3.8, 4) is 0 Å². The molecule has 0 atom stereocenters. The maximum absolute atomic E-state index is 12.8. The number of thiazole rings is 1. The van der Waals surface area contributed by atoms with Crippen LogP contribution in [0.3, 0.4) is 0 Å². The average Bonchev–Trinajstić information content (AvgIpc) is 3.30. The quantitative estimate of drug-likeness (QED) is 0.431. The van der Waals surface area contributed by atoms with Crippen molar-refractivity contribution in [3.63, 3.8) is 0 Å². The molecule has 2 aromatic carbocycles. The molecule has 4 rings (SSSR count). The Labute approximate surface area is 187 Å². The van der Waals surface area contributed by atoms with Crippen LogP contribution in [0, 0.1) is 6.92 Å². The van der Waals surface area contributed by atoms with Crippen LogP contribution in [-0.2, 0) is 13.5 Å². The first kappa shape index (κ1) is 20.6. The molecule has 4 aromatic rings. The van der Waals surface area contributed by atoms with Crippen LogP contribution in [0.15, 0.2) is 64.9 Å². The van der Waals surface area contributed by atoms with Gasteiger partial charge in [0.05, 0.1) is 15.7 Å². The molecule has 0 saturated carbocycles. The number of rotatable bonds is 6. The number of hydrogen-bond donors (Lipinski definition) is 1. The molecule has 0 aliphatic rings. The fourth-order valence-electron chi connectivity index (χ4n) is 2.82. The lowest BCUT2D eigenvalue weighted by molar-refractivity contribution is 0.103. The minimum Gasteiger partial charge on any atom is -0.321 e. The maximum atomic E-state index is 12.8. The minimum absolute atomic E-state index is 0.186. The second-order valence-electron chi connectivity index (χ2n) is 6.61. The van der Waals surface area contributed by atoms with Crippen LogP contribution in [0.2, 0.25) is 5.02 Å². The second kappa shape index (κ2) is 8.99. The van der Waals surface area contributed by atoms with Crippen molar-refractivity contribution in [2.75, 3.05) is 5.32 Å². The first-order valence-corrected chi connectivity index (χ1v) is 11.1. The smallest absolute Gasteiger partial charge is 0.267 e. The third-order valence-corrected chi connectivity index (χ3v) is 7.02. The zero-order valence-electron chi connectivity index (χ0n) is 16.3. The fraction of sp³-hybridized carbons (Fsp3) is 0.143. The molecule has 0 spiro atoms. The summed E-state index contributed by atoms with van der Waals surface area (Å²) in [4.78, 5) is 18.8. The predicted octanol–water partition coefficient (Wildman–Crippen LogP) is 5.23. The second-order valence-corrected chi connectivity index (χ2v) is 9.11. The largest absolute Gasteiger partial charge is 0.321 e. The summed E-state index contributed by atoms with van der Waals surface area (Å²) in [6.45, 7) is 1.85. The molecule has 0 unspecified atom stereocenters. The predicted molar refractivity (Wildman–Crippen MR) is 121 cm³/mol. The van der Waals surface area contributed by atoms with E-state index in [0.717, 1.165) is 20.8 Å². The number of aromatic nitrogens is 4. The summed E-state index contributed by atoms with van der Waals surface area (Å²) in [6.07, 6.45) is 2.34. The summed E-state index contributed by atoms with van der Waals surface area (Å²) in [7, 11) is 1.87. The summed E-state index contributed by atoms with van der Waals surface area (Å²) < 4.78 is 1.82. The van der Waals surface area contributed by atoms with Gasteiger partial charge in [0.2, 0.25) is 0 Å². The van der Waals surface area contributed by atoms with Gasteiger partial charge in [0.25, 0.3) is 5.91 Å². The van der Waals surface area contributed by atoms with Crippen LogP contribution in [0.25, 0.3) is 0 Å². The molecule has 0 saturated heterocycles. The number of carbonyl (C=O) groups excluding carboxylic acids is 1. The highest BCUT2D eigenvalue weighted by atomic mass is 35.5. The van der Waals surface area contributed by atoms with Gasteiger partial charge in [-0.05, 0) is 42.4 Å². The van der Waals surface area contributed by atoms with Crippen molar-refractivity contribution in [2.24, 2.45) is 7.05 Å². The van der Waals surface area contributed by atoms with Crippen LogP contribution < -0.4 is 5.32 Å². The van der Waals surface area contributed by atoms with Gasteiger partial charge in [-0.15, -0.1) is 21.5 Å². The van der Waals surface area contributed by atoms with E-state index in [4.69, 9.17) is 11.6 Å². The molecule has 30 heavy (non-hydrogen) atoms. The van der Waals surface area contributed by atoms with E-state index in [0.29, 0.717) is 22.0 Å². The Hall–Kier alpha value is -2.68. The van der Waals surface area contributed by atoms with E-state index in [9.17, 15) is 4.79 Å². The molecule has 2 heterocycles. The van der Waals surface area contributed by atoms with Gasteiger partial charge >= 0.3 is 0 Å². The average molecular weight is 456 g/mol. The number of nitrogens with zero attached hydrogens (tertiary/aromatic N) is 4. The Morgan fingerprint density at radius 1 is 1.23 bits per heavy atom. The van der Waals surface area contributed by atoms with E-state index in [1.807, 2.05) is 48.9 Å². The Bertz CT molecular complexity index is 1190. The third kappa shape index (κ3) is 4.72. The molecule has 6 nitrogen and oxygen atoms in total. The molecule has 0 bridgehead atoms. The van der Waals surface area contributed by atoms with Crippen LogP contribution in [0.4, 0.5) is 5.69 Å². The van der Waals surface area contributed by atoms with Gasteiger partial charge in [0, 0.05) is 24.1 Å². The van der Waals surface area contributed by atoms with Gasteiger partial charge in [-0.2, -0.15) is 0 Å². The summed E-state index contributed by atoms with van der Waals surface area (Å²) in [6, 6.07) is 15.5. The molecule has 2 aromatic heterocycles.